The molecule has 0 aliphatic rings. The van der Waals surface area contributed by atoms with E-state index in [2.05, 4.69) is 5.32 Å². The molecule has 0 saturated heterocycles. The summed E-state index contributed by atoms with van der Waals surface area (Å²) < 4.78 is 50.0. The van der Waals surface area contributed by atoms with Gasteiger partial charge in [0, 0.05) is 0 Å². The quantitative estimate of drug-likeness (QED) is 0.559. The predicted molar refractivity (Wildman–Crippen MR) is 110 cm³/mol. The molecule has 1 atom stereocenters. The molecule has 0 amide bonds. The zero-order valence-electron chi connectivity index (χ0n) is 18.1. The minimum atomic E-state index is -4.44. The van der Waals surface area contributed by atoms with E-state index in [0.29, 0.717) is 17.0 Å². The minimum absolute atomic E-state index is 0.470. The summed E-state index contributed by atoms with van der Waals surface area (Å²) in [7, 11) is 1.52. The Morgan fingerprint density at radius 1 is 0.933 bits per heavy atom. The van der Waals surface area contributed by atoms with Crippen molar-refractivity contribution in [2.45, 2.75) is 52.4 Å². The summed E-state index contributed by atoms with van der Waals surface area (Å²) in [6.07, 6.45) is -4.44. The molecule has 0 aliphatic carbocycles. The van der Waals surface area contributed by atoms with Crippen LogP contribution in [-0.4, -0.2) is 18.7 Å². The van der Waals surface area contributed by atoms with Crippen LogP contribution in [0.4, 0.5) is 18.9 Å². The first-order chi connectivity index (χ1) is 13.8. The van der Waals surface area contributed by atoms with Gasteiger partial charge < -0.3 is 14.8 Å². The molecule has 2 aromatic carbocycles. The lowest BCUT2D eigenvalue weighted by molar-refractivity contribution is -0.166. The molecule has 1 unspecified atom stereocenters. The molecule has 0 bridgehead atoms. The average Bonchev–Trinajstić information content (AvgIpc) is 2.64. The van der Waals surface area contributed by atoms with Crippen LogP contribution in [0.3, 0.4) is 0 Å². The summed E-state index contributed by atoms with van der Waals surface area (Å²) in [4.78, 5) is 13.0. The number of carbonyl (C=O) groups excluding carboxylic acids is 1. The summed E-state index contributed by atoms with van der Waals surface area (Å²) in [5.41, 5.74) is -1.43. The van der Waals surface area contributed by atoms with E-state index in [-0.39, 0.29) is 0 Å². The Hall–Kier alpha value is -2.70. The van der Waals surface area contributed by atoms with Crippen molar-refractivity contribution in [3.05, 3.63) is 59.7 Å². The van der Waals surface area contributed by atoms with Crippen molar-refractivity contribution < 1.29 is 27.4 Å². The van der Waals surface area contributed by atoms with Crippen molar-refractivity contribution in [2.24, 2.45) is 5.41 Å². The van der Waals surface area contributed by atoms with Crippen molar-refractivity contribution in [2.75, 3.05) is 12.4 Å². The van der Waals surface area contributed by atoms with Crippen LogP contribution in [0.25, 0.3) is 0 Å². The van der Waals surface area contributed by atoms with Gasteiger partial charge in [0.1, 0.15) is 11.4 Å². The van der Waals surface area contributed by atoms with Gasteiger partial charge >= 0.3 is 12.1 Å². The Labute approximate surface area is 175 Å². The molecule has 2 aromatic rings. The lowest BCUT2D eigenvalue weighted by Crippen LogP contribution is -2.40. The maximum Gasteiger partial charge on any atom is 0.416 e. The van der Waals surface area contributed by atoms with Crippen molar-refractivity contribution >= 4 is 11.7 Å². The number of alkyl halides is 3. The summed E-state index contributed by atoms with van der Waals surface area (Å²) in [5.74, 6) is 0.0803. The molecular weight excluding hydrogens is 395 g/mol. The second-order valence-electron chi connectivity index (χ2n) is 8.62. The Bertz CT molecular complexity index is 868. The van der Waals surface area contributed by atoms with E-state index in [1.165, 1.54) is 19.2 Å². The van der Waals surface area contributed by atoms with Gasteiger partial charge in [0.15, 0.2) is 0 Å². The number of halogens is 3. The van der Waals surface area contributed by atoms with Gasteiger partial charge in [-0.2, -0.15) is 13.2 Å². The third-order valence-electron chi connectivity index (χ3n) is 4.62. The summed E-state index contributed by atoms with van der Waals surface area (Å²) in [6, 6.07) is 11.2. The molecule has 0 radical (unpaired) electrons. The molecule has 0 aromatic heterocycles. The van der Waals surface area contributed by atoms with Crippen LogP contribution in [0.5, 0.6) is 5.75 Å². The van der Waals surface area contributed by atoms with E-state index in [0.717, 1.165) is 12.1 Å². The number of rotatable bonds is 6. The molecule has 1 N–H and O–H groups in total. The second-order valence-corrected chi connectivity index (χ2v) is 8.62. The highest BCUT2D eigenvalue weighted by atomic mass is 19.4. The van der Waals surface area contributed by atoms with Crippen molar-refractivity contribution in [3.8, 4) is 5.75 Å². The lowest BCUT2D eigenvalue weighted by atomic mass is 9.79. The van der Waals surface area contributed by atoms with Crippen LogP contribution in [0.2, 0.25) is 0 Å². The molecule has 7 heteroatoms. The molecule has 0 aliphatic heterocycles. The normalized spacial score (nSPS) is 13.5. The monoisotopic (exact) mass is 423 g/mol. The number of ether oxygens (including phenoxy) is 2. The van der Waals surface area contributed by atoms with Crippen LogP contribution >= 0.6 is 0 Å². The van der Waals surface area contributed by atoms with Crippen LogP contribution in [0.1, 0.15) is 51.8 Å². The van der Waals surface area contributed by atoms with E-state index in [9.17, 15) is 18.0 Å². The topological polar surface area (TPSA) is 47.6 Å². The number of carbonyl (C=O) groups is 1. The van der Waals surface area contributed by atoms with E-state index in [1.54, 1.807) is 58.9 Å². The highest BCUT2D eigenvalue weighted by Gasteiger charge is 2.42. The van der Waals surface area contributed by atoms with Gasteiger partial charge in [-0.25, -0.2) is 0 Å². The van der Waals surface area contributed by atoms with Crippen molar-refractivity contribution in [3.63, 3.8) is 0 Å². The molecule has 0 spiro atoms. The fraction of sp³-hybridized carbons (Fsp3) is 0.435. The molecule has 0 fully saturated rings. The zero-order chi connectivity index (χ0) is 22.7. The average molecular weight is 423 g/mol. The molecular formula is C23H28F3NO3. The fourth-order valence-corrected chi connectivity index (χ4v) is 2.99. The van der Waals surface area contributed by atoms with Gasteiger partial charge in [0.2, 0.25) is 0 Å². The minimum Gasteiger partial charge on any atom is -0.495 e. The van der Waals surface area contributed by atoms with Gasteiger partial charge in [-0.15, -0.1) is 0 Å². The number of hydrogen-bond acceptors (Lipinski definition) is 4. The first-order valence-electron chi connectivity index (χ1n) is 9.56. The number of methoxy groups -OCH3 is 1. The van der Waals surface area contributed by atoms with Crippen LogP contribution in [-0.2, 0) is 15.7 Å². The third-order valence-corrected chi connectivity index (χ3v) is 4.62. The number of esters is 1. The van der Waals surface area contributed by atoms with Crippen LogP contribution in [0.15, 0.2) is 48.5 Å². The number of hydrogen-bond donors (Lipinski definition) is 1. The van der Waals surface area contributed by atoms with Crippen molar-refractivity contribution in [1.29, 1.82) is 0 Å². The summed E-state index contributed by atoms with van der Waals surface area (Å²) in [5, 5.41) is 3.27. The first kappa shape index (κ1) is 23.6. The van der Waals surface area contributed by atoms with Gasteiger partial charge in [-0.05, 0) is 64.4 Å². The molecule has 164 valence electrons. The number of para-hydroxylation sites is 2. The predicted octanol–water partition coefficient (Wildman–Crippen LogP) is 6.24. The van der Waals surface area contributed by atoms with Crippen LogP contribution in [0, 0.1) is 5.41 Å². The SMILES string of the molecule is COc1ccccc1NC(c1ccc(C(F)(F)F)cc1)C(C)(C)C(=O)OC(C)(C)C. The van der Waals surface area contributed by atoms with Crippen molar-refractivity contribution in [1.82, 2.24) is 0 Å². The largest absolute Gasteiger partial charge is 0.495 e. The Morgan fingerprint density at radius 3 is 2.00 bits per heavy atom. The number of anilines is 1. The van der Waals surface area contributed by atoms with Gasteiger partial charge in [0.25, 0.3) is 0 Å². The molecule has 2 rings (SSSR count). The standard InChI is InChI=1S/C23H28F3NO3/c1-21(2,3)30-20(28)22(4,5)19(27-17-9-7-8-10-18(17)29-6)15-11-13-16(14-12-15)23(24,25)26/h7-14,19,27H,1-6H3. The summed E-state index contributed by atoms with van der Waals surface area (Å²) in [6.45, 7) is 8.70. The van der Waals surface area contributed by atoms with E-state index >= 15 is 0 Å². The van der Waals surface area contributed by atoms with Crippen LogP contribution < -0.4 is 10.1 Å². The van der Waals surface area contributed by atoms with E-state index in [1.807, 2.05) is 0 Å². The molecule has 4 nitrogen and oxygen atoms in total. The molecule has 0 saturated carbocycles. The highest BCUT2D eigenvalue weighted by molar-refractivity contribution is 5.78. The van der Waals surface area contributed by atoms with Gasteiger partial charge in [-0.1, -0.05) is 24.3 Å². The van der Waals surface area contributed by atoms with E-state index < -0.39 is 34.8 Å². The van der Waals surface area contributed by atoms with E-state index in [4.69, 9.17) is 9.47 Å². The highest BCUT2D eigenvalue weighted by Crippen LogP contribution is 2.41. The zero-order valence-corrected chi connectivity index (χ0v) is 18.1. The maximum absolute atomic E-state index is 13.0. The number of nitrogens with one attached hydrogen (secondary N) is 1. The Balaban J connectivity index is 2.50. The maximum atomic E-state index is 13.0. The molecule has 30 heavy (non-hydrogen) atoms. The Kier molecular flexibility index (Phi) is 6.74. The number of benzene rings is 2. The fourth-order valence-electron chi connectivity index (χ4n) is 2.99. The lowest BCUT2D eigenvalue weighted by Gasteiger charge is -2.36. The van der Waals surface area contributed by atoms with Gasteiger partial charge in [0.05, 0.1) is 29.8 Å². The first-order valence-corrected chi connectivity index (χ1v) is 9.56. The molecule has 0 heterocycles. The third kappa shape index (κ3) is 5.68. The Morgan fingerprint density at radius 2 is 1.50 bits per heavy atom. The second kappa shape index (κ2) is 8.58. The smallest absolute Gasteiger partial charge is 0.416 e. The van der Waals surface area contributed by atoms with Gasteiger partial charge in [-0.3, -0.25) is 4.79 Å². The summed E-state index contributed by atoms with van der Waals surface area (Å²) >= 11 is 0.